The van der Waals surface area contributed by atoms with Crippen molar-refractivity contribution in [1.82, 2.24) is 19.9 Å². The van der Waals surface area contributed by atoms with E-state index in [0.717, 1.165) is 29.6 Å². The highest BCUT2D eigenvalue weighted by Crippen LogP contribution is 2.31. The minimum absolute atomic E-state index is 0.0272. The molecule has 0 saturated carbocycles. The van der Waals surface area contributed by atoms with Crippen molar-refractivity contribution in [2.45, 2.75) is 25.8 Å². The van der Waals surface area contributed by atoms with E-state index < -0.39 is 0 Å². The van der Waals surface area contributed by atoms with E-state index in [1.807, 2.05) is 79.7 Å². The fourth-order valence-corrected chi connectivity index (χ4v) is 4.12. The van der Waals surface area contributed by atoms with Crippen molar-refractivity contribution in [3.8, 4) is 5.69 Å². The number of hydrogen-bond donors (Lipinski definition) is 2. The number of benzene rings is 3. The number of amides is 1. The molecule has 5 aromatic rings. The second kappa shape index (κ2) is 8.74. The van der Waals surface area contributed by atoms with Crippen molar-refractivity contribution < 1.29 is 4.79 Å². The molecule has 0 aliphatic rings. The summed E-state index contributed by atoms with van der Waals surface area (Å²) >= 11 is 0. The Hall–Kier alpha value is -4.19. The number of aromatic nitrogens is 3. The molecule has 2 aromatic heterocycles. The zero-order chi connectivity index (χ0) is 22.8. The van der Waals surface area contributed by atoms with Crippen molar-refractivity contribution in [2.75, 3.05) is 5.73 Å². The van der Waals surface area contributed by atoms with Crippen LogP contribution in [0, 0.1) is 0 Å². The number of anilines is 1. The maximum atomic E-state index is 13.4. The number of fused-ring (bicyclic) bond motifs is 2. The first kappa shape index (κ1) is 20.7. The molecule has 164 valence electrons. The van der Waals surface area contributed by atoms with Gasteiger partial charge < -0.3 is 11.1 Å². The highest BCUT2D eigenvalue weighted by Gasteiger charge is 2.25. The van der Waals surface area contributed by atoms with Crippen LogP contribution in [0.5, 0.6) is 0 Å². The third-order valence-corrected chi connectivity index (χ3v) is 5.83. The summed E-state index contributed by atoms with van der Waals surface area (Å²) in [5, 5.41) is 3.11. The highest BCUT2D eigenvalue weighted by molar-refractivity contribution is 6.11. The Balaban J connectivity index is 1.53. The summed E-state index contributed by atoms with van der Waals surface area (Å²) in [6, 6.07) is 27.5. The molecule has 0 aliphatic carbocycles. The average Bonchev–Trinajstić information content (AvgIpc) is 3.13. The van der Waals surface area contributed by atoms with Gasteiger partial charge in [-0.3, -0.25) is 9.36 Å². The summed E-state index contributed by atoms with van der Waals surface area (Å²) in [6.45, 7) is 2.01. The molecule has 0 aliphatic heterocycles. The van der Waals surface area contributed by atoms with Gasteiger partial charge in [-0.1, -0.05) is 60.7 Å². The van der Waals surface area contributed by atoms with Gasteiger partial charge in [-0.05, 0) is 49.6 Å². The lowest BCUT2D eigenvalue weighted by Crippen LogP contribution is -2.33. The Morgan fingerprint density at radius 3 is 2.21 bits per heavy atom. The van der Waals surface area contributed by atoms with Gasteiger partial charge >= 0.3 is 0 Å². The largest absolute Gasteiger partial charge is 0.384 e. The zero-order valence-electron chi connectivity index (χ0n) is 18.4. The number of carbonyl (C=O) groups is 1. The summed E-state index contributed by atoms with van der Waals surface area (Å²) in [7, 11) is 0. The first-order valence-electron chi connectivity index (χ1n) is 11.1. The number of nitrogens with zero attached hydrogens (tertiary/aromatic N) is 3. The molecule has 5 rings (SSSR count). The first-order chi connectivity index (χ1) is 16.1. The van der Waals surface area contributed by atoms with E-state index in [0.29, 0.717) is 22.5 Å². The lowest BCUT2D eigenvalue weighted by atomic mass is 10.1. The fourth-order valence-electron chi connectivity index (χ4n) is 4.12. The Labute approximate surface area is 192 Å². The lowest BCUT2D eigenvalue weighted by molar-refractivity contribution is 0.0941. The second-order valence-electron chi connectivity index (χ2n) is 8.21. The number of carbonyl (C=O) groups excluding carboxylic acids is 1. The normalized spacial score (nSPS) is 12.2. The summed E-state index contributed by atoms with van der Waals surface area (Å²) in [5.74, 6) is 0.0941. The zero-order valence-corrected chi connectivity index (χ0v) is 18.4. The third kappa shape index (κ3) is 4.03. The minimum atomic E-state index is -0.239. The highest BCUT2D eigenvalue weighted by atomic mass is 16.1. The molecular weight excluding hydrogens is 410 g/mol. The van der Waals surface area contributed by atoms with Crippen LogP contribution in [0.2, 0.25) is 0 Å². The molecular formula is C27H25N5O. The summed E-state index contributed by atoms with van der Waals surface area (Å²) in [4.78, 5) is 23.0. The number of aryl methyl sites for hydroxylation is 1. The van der Waals surface area contributed by atoms with Crippen LogP contribution in [-0.2, 0) is 6.42 Å². The Bertz CT molecular complexity index is 1430. The SMILES string of the molecule is CC(CCc1ccccc1)NC(=O)c1c(N)n(-c2ccccc2)c2nc3ccccc3nc12. The molecule has 0 bridgehead atoms. The molecule has 6 nitrogen and oxygen atoms in total. The number of hydrogen-bond acceptors (Lipinski definition) is 4. The van der Waals surface area contributed by atoms with Crippen molar-refractivity contribution in [1.29, 1.82) is 0 Å². The monoisotopic (exact) mass is 435 g/mol. The summed E-state index contributed by atoms with van der Waals surface area (Å²) in [5.41, 5.74) is 11.6. The first-order valence-corrected chi connectivity index (χ1v) is 11.1. The summed E-state index contributed by atoms with van der Waals surface area (Å²) < 4.78 is 1.80. The van der Waals surface area contributed by atoms with Crippen molar-refractivity contribution in [3.63, 3.8) is 0 Å². The number of nitrogens with two attached hydrogens (primary N) is 1. The quantitative estimate of drug-likeness (QED) is 0.397. The Morgan fingerprint density at radius 1 is 0.909 bits per heavy atom. The summed E-state index contributed by atoms with van der Waals surface area (Å²) in [6.07, 6.45) is 1.70. The number of nitrogen functional groups attached to an aromatic ring is 1. The molecule has 0 spiro atoms. The van der Waals surface area contributed by atoms with E-state index in [-0.39, 0.29) is 11.9 Å². The lowest BCUT2D eigenvalue weighted by Gasteiger charge is -2.14. The van der Waals surface area contributed by atoms with E-state index in [4.69, 9.17) is 15.7 Å². The van der Waals surface area contributed by atoms with Gasteiger partial charge in [0.05, 0.1) is 11.0 Å². The maximum Gasteiger partial charge on any atom is 0.257 e. The van der Waals surface area contributed by atoms with E-state index in [1.165, 1.54) is 5.56 Å². The van der Waals surface area contributed by atoms with Crippen LogP contribution in [0.15, 0.2) is 84.9 Å². The molecule has 33 heavy (non-hydrogen) atoms. The topological polar surface area (TPSA) is 85.8 Å². The van der Waals surface area contributed by atoms with Gasteiger partial charge in [0.25, 0.3) is 5.91 Å². The van der Waals surface area contributed by atoms with Gasteiger partial charge in [-0.15, -0.1) is 0 Å². The van der Waals surface area contributed by atoms with Gasteiger partial charge in [0.15, 0.2) is 5.65 Å². The number of para-hydroxylation sites is 3. The molecule has 0 radical (unpaired) electrons. The van der Waals surface area contributed by atoms with Gasteiger partial charge in [0.2, 0.25) is 0 Å². The van der Waals surface area contributed by atoms with E-state index in [1.54, 1.807) is 4.57 Å². The van der Waals surface area contributed by atoms with Crippen LogP contribution in [0.4, 0.5) is 5.82 Å². The van der Waals surface area contributed by atoms with Crippen LogP contribution >= 0.6 is 0 Å². The van der Waals surface area contributed by atoms with Crippen molar-refractivity contribution >= 4 is 33.9 Å². The van der Waals surface area contributed by atoms with E-state index >= 15 is 0 Å². The molecule has 1 atom stereocenters. The molecule has 6 heteroatoms. The van der Waals surface area contributed by atoms with Crippen molar-refractivity contribution in [3.05, 3.63) is 96.1 Å². The standard InChI is InChI=1S/C27H25N5O/c1-18(16-17-19-10-4-2-5-11-19)29-27(33)23-24-26(31-22-15-9-8-14-21(22)30-24)32(25(23)28)20-12-6-3-7-13-20/h2-15,18H,16-17,28H2,1H3,(H,29,33). The minimum Gasteiger partial charge on any atom is -0.384 e. The molecule has 3 N–H and O–H groups in total. The maximum absolute atomic E-state index is 13.4. The molecule has 0 saturated heterocycles. The smallest absolute Gasteiger partial charge is 0.257 e. The third-order valence-electron chi connectivity index (χ3n) is 5.83. The molecule has 3 aromatic carbocycles. The van der Waals surface area contributed by atoms with Gasteiger partial charge in [0, 0.05) is 11.7 Å². The van der Waals surface area contributed by atoms with Crippen LogP contribution < -0.4 is 11.1 Å². The van der Waals surface area contributed by atoms with Gasteiger partial charge in [-0.2, -0.15) is 0 Å². The molecule has 0 fully saturated rings. The van der Waals surface area contributed by atoms with Crippen LogP contribution in [0.25, 0.3) is 27.9 Å². The van der Waals surface area contributed by atoms with Gasteiger partial charge in [0.1, 0.15) is 16.9 Å². The van der Waals surface area contributed by atoms with Crippen LogP contribution in [0.3, 0.4) is 0 Å². The van der Waals surface area contributed by atoms with Crippen molar-refractivity contribution in [2.24, 2.45) is 0 Å². The number of rotatable bonds is 6. The molecule has 2 heterocycles. The second-order valence-corrected chi connectivity index (χ2v) is 8.21. The fraction of sp³-hybridized carbons (Fsp3) is 0.148. The van der Waals surface area contributed by atoms with Gasteiger partial charge in [-0.25, -0.2) is 9.97 Å². The van der Waals surface area contributed by atoms with E-state index in [9.17, 15) is 4.79 Å². The Morgan fingerprint density at radius 2 is 1.52 bits per heavy atom. The van der Waals surface area contributed by atoms with Crippen LogP contribution in [-0.4, -0.2) is 26.5 Å². The molecule has 1 unspecified atom stereocenters. The average molecular weight is 436 g/mol. The number of nitrogens with one attached hydrogen (secondary N) is 1. The predicted octanol–water partition coefficient (Wildman–Crippen LogP) is 4.91. The predicted molar refractivity (Wildman–Crippen MR) is 132 cm³/mol. The Kier molecular flexibility index (Phi) is 5.48. The van der Waals surface area contributed by atoms with E-state index in [2.05, 4.69) is 17.4 Å². The van der Waals surface area contributed by atoms with Crippen LogP contribution in [0.1, 0.15) is 29.3 Å². The molecule has 1 amide bonds.